The largest absolute Gasteiger partial charge is 0.416 e. The molecule has 0 spiro atoms. The van der Waals surface area contributed by atoms with Crippen LogP contribution in [-0.2, 0) is 12.4 Å². The summed E-state index contributed by atoms with van der Waals surface area (Å²) in [5, 5.41) is 9.15. The van der Waals surface area contributed by atoms with Gasteiger partial charge >= 0.3 is 12.4 Å². The molecule has 18 heavy (non-hydrogen) atoms. The minimum atomic E-state index is -5.03. The zero-order valence-corrected chi connectivity index (χ0v) is 8.60. The number of hydrogen-bond acceptors (Lipinski definition) is 1. The predicted molar refractivity (Wildman–Crippen MR) is 50.2 cm³/mol. The summed E-state index contributed by atoms with van der Waals surface area (Å²) in [7, 11) is 0. The van der Waals surface area contributed by atoms with Crippen LogP contribution in [0.4, 0.5) is 26.3 Å². The smallest absolute Gasteiger partial charge is 0.376 e. The van der Waals surface area contributed by atoms with E-state index in [9.17, 15) is 26.3 Å². The van der Waals surface area contributed by atoms with E-state index in [2.05, 4.69) is 0 Å². The van der Waals surface area contributed by atoms with Crippen LogP contribution in [0.25, 0.3) is 0 Å². The molecular weight excluding hydrogens is 262 g/mol. The molecule has 0 saturated heterocycles. The lowest BCUT2D eigenvalue weighted by Crippen LogP contribution is -2.14. The van der Waals surface area contributed by atoms with E-state index < -0.39 is 35.1 Å². The van der Waals surface area contributed by atoms with Crippen LogP contribution in [0.3, 0.4) is 0 Å². The normalized spacial score (nSPS) is 14.1. The molecule has 0 heterocycles. The molecule has 1 unspecified atom stereocenters. The maximum Gasteiger partial charge on any atom is 0.416 e. The van der Waals surface area contributed by atoms with Crippen molar-refractivity contribution in [3.63, 3.8) is 0 Å². The second-order valence-electron chi connectivity index (χ2n) is 3.37. The molecule has 1 atom stereocenters. The molecule has 0 aliphatic rings. The van der Waals surface area contributed by atoms with Crippen molar-refractivity contribution >= 4 is 0 Å². The highest BCUT2D eigenvalue weighted by molar-refractivity contribution is 5.39. The van der Waals surface area contributed by atoms with Gasteiger partial charge in [0.15, 0.2) is 0 Å². The number of terminal acetylenes is 1. The van der Waals surface area contributed by atoms with Crippen LogP contribution < -0.4 is 0 Å². The van der Waals surface area contributed by atoms with Gasteiger partial charge < -0.3 is 5.11 Å². The van der Waals surface area contributed by atoms with E-state index in [0.29, 0.717) is 12.1 Å². The Morgan fingerprint density at radius 3 is 2.00 bits per heavy atom. The highest BCUT2D eigenvalue weighted by Gasteiger charge is 2.38. The van der Waals surface area contributed by atoms with Crippen molar-refractivity contribution in [3.05, 3.63) is 34.9 Å². The lowest BCUT2D eigenvalue weighted by atomic mass is 9.99. The van der Waals surface area contributed by atoms with Gasteiger partial charge in [0.2, 0.25) is 0 Å². The average Bonchev–Trinajstić information content (AvgIpc) is 2.24. The Kier molecular flexibility index (Phi) is 3.62. The first-order valence-electron chi connectivity index (χ1n) is 4.50. The Bertz CT molecular complexity index is 480. The molecule has 0 fully saturated rings. The topological polar surface area (TPSA) is 20.2 Å². The summed E-state index contributed by atoms with van der Waals surface area (Å²) in [6.45, 7) is 0. The van der Waals surface area contributed by atoms with E-state index >= 15 is 0 Å². The molecule has 98 valence electrons. The third kappa shape index (κ3) is 2.96. The first-order chi connectivity index (χ1) is 8.07. The van der Waals surface area contributed by atoms with Crippen LogP contribution in [-0.4, -0.2) is 5.11 Å². The zero-order chi connectivity index (χ0) is 14.1. The summed E-state index contributed by atoms with van der Waals surface area (Å²) in [6.07, 6.45) is -7.10. The monoisotopic (exact) mass is 268 g/mol. The highest BCUT2D eigenvalue weighted by atomic mass is 19.4. The molecule has 0 aliphatic heterocycles. The van der Waals surface area contributed by atoms with E-state index in [1.54, 1.807) is 5.92 Å². The van der Waals surface area contributed by atoms with Crippen molar-refractivity contribution in [2.45, 2.75) is 18.5 Å². The van der Waals surface area contributed by atoms with Gasteiger partial charge in [-0.3, -0.25) is 0 Å². The number of halogens is 6. The van der Waals surface area contributed by atoms with Gasteiger partial charge in [0.05, 0.1) is 11.1 Å². The van der Waals surface area contributed by atoms with Crippen LogP contribution in [0.1, 0.15) is 22.8 Å². The molecule has 1 nitrogen and oxygen atoms in total. The molecule has 7 heteroatoms. The number of rotatable bonds is 1. The first kappa shape index (κ1) is 14.4. The van der Waals surface area contributed by atoms with Gasteiger partial charge in [-0.05, 0) is 12.1 Å². The number of benzene rings is 1. The number of hydrogen-bond donors (Lipinski definition) is 1. The Balaban J connectivity index is 3.46. The van der Waals surface area contributed by atoms with Crippen molar-refractivity contribution in [2.75, 3.05) is 0 Å². The molecule has 1 aromatic rings. The summed E-state index contributed by atoms with van der Waals surface area (Å²) < 4.78 is 74.6. The van der Waals surface area contributed by atoms with Crippen LogP contribution in [0.15, 0.2) is 18.2 Å². The zero-order valence-electron chi connectivity index (χ0n) is 8.60. The standard InChI is InChI=1S/C11H6F6O/c1-2-9(18)7-4-3-6(10(12,13)14)5-8(7)11(15,16)17/h1,3-5,9,18H. The third-order valence-electron chi connectivity index (χ3n) is 2.14. The quantitative estimate of drug-likeness (QED) is 0.611. The summed E-state index contributed by atoms with van der Waals surface area (Å²) in [6, 6.07) is 0.886. The molecule has 0 bridgehead atoms. The van der Waals surface area contributed by atoms with Crippen LogP contribution in [0.2, 0.25) is 0 Å². The van der Waals surface area contributed by atoms with Crippen molar-refractivity contribution < 1.29 is 31.4 Å². The van der Waals surface area contributed by atoms with E-state index in [4.69, 9.17) is 11.5 Å². The summed E-state index contributed by atoms with van der Waals surface area (Å²) in [5.74, 6) is 1.63. The molecular formula is C11H6F6O. The second-order valence-corrected chi connectivity index (χ2v) is 3.37. The maximum atomic E-state index is 12.6. The Labute approximate surface area is 98.0 Å². The SMILES string of the molecule is C#CC(O)c1ccc(C(F)(F)F)cc1C(F)(F)F. The van der Waals surface area contributed by atoms with Gasteiger partial charge in [0, 0.05) is 5.56 Å². The van der Waals surface area contributed by atoms with Crippen molar-refractivity contribution in [1.82, 2.24) is 0 Å². The molecule has 0 amide bonds. The third-order valence-corrected chi connectivity index (χ3v) is 2.14. The minimum absolute atomic E-state index is 0.0735. The molecule has 0 aliphatic carbocycles. The van der Waals surface area contributed by atoms with Gasteiger partial charge in [0.1, 0.15) is 6.10 Å². The van der Waals surface area contributed by atoms with Crippen LogP contribution >= 0.6 is 0 Å². The van der Waals surface area contributed by atoms with E-state index in [-0.39, 0.29) is 6.07 Å². The van der Waals surface area contributed by atoms with Gasteiger partial charge in [-0.15, -0.1) is 6.42 Å². The van der Waals surface area contributed by atoms with Crippen LogP contribution in [0.5, 0.6) is 0 Å². The Morgan fingerprint density at radius 2 is 1.61 bits per heavy atom. The lowest BCUT2D eigenvalue weighted by Gasteiger charge is -2.16. The Hall–Kier alpha value is -1.68. The summed E-state index contributed by atoms with van der Waals surface area (Å²) in [4.78, 5) is 0. The van der Waals surface area contributed by atoms with E-state index in [1.165, 1.54) is 0 Å². The average molecular weight is 268 g/mol. The van der Waals surface area contributed by atoms with Crippen molar-refractivity contribution in [1.29, 1.82) is 0 Å². The molecule has 0 aromatic heterocycles. The molecule has 1 rings (SSSR count). The van der Waals surface area contributed by atoms with Crippen molar-refractivity contribution in [2.24, 2.45) is 0 Å². The van der Waals surface area contributed by atoms with Gasteiger partial charge in [-0.2, -0.15) is 26.3 Å². The van der Waals surface area contributed by atoms with Crippen molar-refractivity contribution in [3.8, 4) is 12.3 Å². The van der Waals surface area contributed by atoms with Gasteiger partial charge in [-0.25, -0.2) is 0 Å². The number of aliphatic hydroxyl groups excluding tert-OH is 1. The Morgan fingerprint density at radius 1 is 1.06 bits per heavy atom. The maximum absolute atomic E-state index is 12.6. The summed E-state index contributed by atoms with van der Waals surface area (Å²) in [5.41, 5.74) is -3.83. The van der Waals surface area contributed by atoms with Crippen LogP contribution in [0, 0.1) is 12.3 Å². The predicted octanol–water partition coefficient (Wildman–Crippen LogP) is 3.39. The number of alkyl halides is 6. The molecule has 1 aromatic carbocycles. The highest BCUT2D eigenvalue weighted by Crippen LogP contribution is 2.38. The van der Waals surface area contributed by atoms with Gasteiger partial charge in [0.25, 0.3) is 0 Å². The summed E-state index contributed by atoms with van der Waals surface area (Å²) >= 11 is 0. The fourth-order valence-electron chi connectivity index (χ4n) is 1.31. The minimum Gasteiger partial charge on any atom is -0.376 e. The molecule has 0 radical (unpaired) electrons. The van der Waals surface area contributed by atoms with E-state index in [1.807, 2.05) is 0 Å². The molecule has 0 saturated carbocycles. The molecule has 1 N–H and O–H groups in total. The second kappa shape index (κ2) is 4.53. The fourth-order valence-corrected chi connectivity index (χ4v) is 1.31. The number of aliphatic hydroxyl groups is 1. The van der Waals surface area contributed by atoms with Gasteiger partial charge in [-0.1, -0.05) is 12.0 Å². The lowest BCUT2D eigenvalue weighted by molar-refractivity contribution is -0.143. The van der Waals surface area contributed by atoms with E-state index in [0.717, 1.165) is 0 Å². The first-order valence-corrected chi connectivity index (χ1v) is 4.50. The fraction of sp³-hybridized carbons (Fsp3) is 0.273.